The van der Waals surface area contributed by atoms with Gasteiger partial charge < -0.3 is 14.8 Å². The molecule has 1 N–H and O–H groups in total. The molecule has 10 heteroatoms. The van der Waals surface area contributed by atoms with Crippen LogP contribution < -0.4 is 14.8 Å². The number of tetrazole rings is 1. The number of amides is 1. The fraction of sp³-hybridized carbons (Fsp3) is 0.176. The minimum Gasteiger partial charge on any atom is -0.486 e. The predicted octanol–water partition coefficient (Wildman–Crippen LogP) is 2.30. The van der Waals surface area contributed by atoms with Gasteiger partial charge in [0.15, 0.2) is 11.5 Å². The van der Waals surface area contributed by atoms with Crippen LogP contribution in [0, 0.1) is 5.82 Å². The number of halogens is 1. The molecule has 0 fully saturated rings. The van der Waals surface area contributed by atoms with Crippen LogP contribution >= 0.6 is 11.8 Å². The van der Waals surface area contributed by atoms with Gasteiger partial charge in [-0.1, -0.05) is 23.9 Å². The standard InChI is InChI=1S/C17H14FN5O3S/c18-12-3-1-2-4-13(12)23-17(20-21-22-23)27-10-16(24)19-11-5-6-14-15(9-11)26-8-7-25-14/h1-6,9H,7-8,10H2,(H,19,24). The Balaban J connectivity index is 1.41. The molecular weight excluding hydrogens is 373 g/mol. The molecule has 2 aromatic carbocycles. The maximum atomic E-state index is 13.9. The molecule has 0 bridgehead atoms. The number of nitrogens with one attached hydrogen (secondary N) is 1. The summed E-state index contributed by atoms with van der Waals surface area (Å²) in [5.74, 6) is 0.600. The number of thioether (sulfide) groups is 1. The molecule has 27 heavy (non-hydrogen) atoms. The van der Waals surface area contributed by atoms with Crippen molar-refractivity contribution in [1.29, 1.82) is 0 Å². The fourth-order valence-electron chi connectivity index (χ4n) is 2.49. The van der Waals surface area contributed by atoms with Crippen molar-refractivity contribution in [1.82, 2.24) is 20.2 Å². The van der Waals surface area contributed by atoms with Crippen LogP contribution in [-0.2, 0) is 4.79 Å². The minimum atomic E-state index is -0.452. The third-order valence-electron chi connectivity index (χ3n) is 3.68. The van der Waals surface area contributed by atoms with Gasteiger partial charge >= 0.3 is 0 Å². The molecule has 0 aliphatic carbocycles. The monoisotopic (exact) mass is 387 g/mol. The van der Waals surface area contributed by atoms with E-state index in [4.69, 9.17) is 9.47 Å². The molecule has 4 rings (SSSR count). The SMILES string of the molecule is O=C(CSc1nnnn1-c1ccccc1F)Nc1ccc2c(c1)OCCO2. The molecule has 1 aliphatic rings. The van der Waals surface area contributed by atoms with Crippen LogP contribution in [0.4, 0.5) is 10.1 Å². The van der Waals surface area contributed by atoms with E-state index < -0.39 is 5.82 Å². The number of fused-ring (bicyclic) bond motifs is 1. The zero-order valence-corrected chi connectivity index (χ0v) is 14.8. The second kappa shape index (κ2) is 7.62. The summed E-state index contributed by atoms with van der Waals surface area (Å²) in [5.41, 5.74) is 0.816. The highest BCUT2D eigenvalue weighted by Crippen LogP contribution is 2.32. The maximum absolute atomic E-state index is 13.9. The lowest BCUT2D eigenvalue weighted by Gasteiger charge is -2.18. The molecule has 0 saturated heterocycles. The average molecular weight is 387 g/mol. The summed E-state index contributed by atoms with van der Waals surface area (Å²) < 4.78 is 26.1. The van der Waals surface area contributed by atoms with Crippen LogP contribution in [0.2, 0.25) is 0 Å². The summed E-state index contributed by atoms with van der Waals surface area (Å²) in [6, 6.07) is 11.3. The topological polar surface area (TPSA) is 91.2 Å². The van der Waals surface area contributed by atoms with E-state index in [1.165, 1.54) is 10.7 Å². The van der Waals surface area contributed by atoms with Crippen LogP contribution in [0.1, 0.15) is 0 Å². The number of ether oxygens (including phenoxy) is 2. The number of benzene rings is 2. The zero-order chi connectivity index (χ0) is 18.6. The van der Waals surface area contributed by atoms with Gasteiger partial charge in [-0.05, 0) is 34.7 Å². The molecule has 0 saturated carbocycles. The van der Waals surface area contributed by atoms with Crippen LogP contribution in [0.25, 0.3) is 5.69 Å². The van der Waals surface area contributed by atoms with Gasteiger partial charge in [-0.3, -0.25) is 4.79 Å². The summed E-state index contributed by atoms with van der Waals surface area (Å²) in [6.45, 7) is 0.977. The largest absolute Gasteiger partial charge is 0.486 e. The third kappa shape index (κ3) is 3.85. The van der Waals surface area contributed by atoms with Crippen molar-refractivity contribution in [3.8, 4) is 17.2 Å². The van der Waals surface area contributed by atoms with E-state index in [0.29, 0.717) is 35.6 Å². The lowest BCUT2D eigenvalue weighted by molar-refractivity contribution is -0.113. The summed E-state index contributed by atoms with van der Waals surface area (Å²) in [7, 11) is 0. The quantitative estimate of drug-likeness (QED) is 0.672. The summed E-state index contributed by atoms with van der Waals surface area (Å²) in [6.07, 6.45) is 0. The molecule has 0 radical (unpaired) electrons. The number of para-hydroxylation sites is 1. The van der Waals surface area contributed by atoms with Crippen LogP contribution in [0.3, 0.4) is 0 Å². The molecule has 0 spiro atoms. The summed E-state index contributed by atoms with van der Waals surface area (Å²) in [4.78, 5) is 12.2. The Morgan fingerprint density at radius 1 is 1.19 bits per heavy atom. The molecule has 0 unspecified atom stereocenters. The molecule has 8 nitrogen and oxygen atoms in total. The van der Waals surface area contributed by atoms with Gasteiger partial charge in [-0.25, -0.2) is 4.39 Å². The molecule has 1 aliphatic heterocycles. The van der Waals surface area contributed by atoms with Gasteiger partial charge in [-0.2, -0.15) is 4.68 Å². The van der Waals surface area contributed by atoms with Gasteiger partial charge in [0, 0.05) is 11.8 Å². The van der Waals surface area contributed by atoms with Crippen molar-refractivity contribution >= 4 is 23.4 Å². The van der Waals surface area contributed by atoms with Crippen molar-refractivity contribution in [2.75, 3.05) is 24.3 Å². The van der Waals surface area contributed by atoms with Gasteiger partial charge in [0.1, 0.15) is 24.7 Å². The Bertz CT molecular complexity index is 981. The number of hydrogen-bond acceptors (Lipinski definition) is 7. The Hall–Kier alpha value is -3.14. The third-order valence-corrected chi connectivity index (χ3v) is 4.60. The van der Waals surface area contributed by atoms with Gasteiger partial charge in [0.05, 0.1) is 5.75 Å². The number of aromatic nitrogens is 4. The number of anilines is 1. The Kier molecular flexibility index (Phi) is 4.88. The van der Waals surface area contributed by atoms with Crippen LogP contribution in [0.5, 0.6) is 11.5 Å². The molecule has 1 aromatic heterocycles. The van der Waals surface area contributed by atoms with Crippen LogP contribution in [-0.4, -0.2) is 45.1 Å². The Morgan fingerprint density at radius 3 is 2.85 bits per heavy atom. The van der Waals surface area contributed by atoms with Crippen molar-refractivity contribution in [3.63, 3.8) is 0 Å². The van der Waals surface area contributed by atoms with Crippen molar-refractivity contribution in [2.24, 2.45) is 0 Å². The molecular formula is C17H14FN5O3S. The number of carbonyl (C=O) groups excluding carboxylic acids is 1. The van der Waals surface area contributed by atoms with E-state index in [1.807, 2.05) is 0 Å². The second-order valence-electron chi connectivity index (χ2n) is 5.52. The van der Waals surface area contributed by atoms with Gasteiger partial charge in [0.2, 0.25) is 11.1 Å². The number of rotatable bonds is 5. The van der Waals surface area contributed by atoms with E-state index in [2.05, 4.69) is 20.8 Å². The zero-order valence-electron chi connectivity index (χ0n) is 14.0. The first kappa shape index (κ1) is 17.3. The number of nitrogens with zero attached hydrogens (tertiary/aromatic N) is 4. The highest BCUT2D eigenvalue weighted by atomic mass is 32.2. The molecule has 2 heterocycles. The van der Waals surface area contributed by atoms with Gasteiger partial charge in [0.25, 0.3) is 0 Å². The Morgan fingerprint density at radius 2 is 2.00 bits per heavy atom. The highest BCUT2D eigenvalue weighted by Gasteiger charge is 2.16. The molecule has 1 amide bonds. The first-order chi connectivity index (χ1) is 13.2. The van der Waals surface area contributed by atoms with E-state index in [0.717, 1.165) is 11.8 Å². The Labute approximate surface area is 157 Å². The molecule has 138 valence electrons. The highest BCUT2D eigenvalue weighted by molar-refractivity contribution is 7.99. The summed E-state index contributed by atoms with van der Waals surface area (Å²) >= 11 is 1.11. The van der Waals surface area contributed by atoms with Crippen molar-refractivity contribution in [3.05, 3.63) is 48.3 Å². The van der Waals surface area contributed by atoms with E-state index in [1.54, 1.807) is 36.4 Å². The second-order valence-corrected chi connectivity index (χ2v) is 6.46. The van der Waals surface area contributed by atoms with E-state index >= 15 is 0 Å². The molecule has 3 aromatic rings. The van der Waals surface area contributed by atoms with Gasteiger partial charge in [-0.15, -0.1) is 5.10 Å². The first-order valence-corrected chi connectivity index (χ1v) is 9.05. The first-order valence-electron chi connectivity index (χ1n) is 8.06. The van der Waals surface area contributed by atoms with Crippen molar-refractivity contribution < 1.29 is 18.7 Å². The van der Waals surface area contributed by atoms with Crippen LogP contribution in [0.15, 0.2) is 47.6 Å². The average Bonchev–Trinajstić information content (AvgIpc) is 3.15. The number of hydrogen-bond donors (Lipinski definition) is 1. The van der Waals surface area contributed by atoms with E-state index in [9.17, 15) is 9.18 Å². The normalized spacial score (nSPS) is 12.6. The predicted molar refractivity (Wildman–Crippen MR) is 95.9 cm³/mol. The summed E-state index contributed by atoms with van der Waals surface area (Å²) in [5, 5.41) is 14.3. The molecule has 0 atom stereocenters. The maximum Gasteiger partial charge on any atom is 0.234 e. The minimum absolute atomic E-state index is 0.0588. The lowest BCUT2D eigenvalue weighted by Crippen LogP contribution is -2.17. The fourth-order valence-corrected chi connectivity index (χ4v) is 3.18. The van der Waals surface area contributed by atoms with E-state index in [-0.39, 0.29) is 17.3 Å². The van der Waals surface area contributed by atoms with Crippen molar-refractivity contribution in [2.45, 2.75) is 5.16 Å². The lowest BCUT2D eigenvalue weighted by atomic mass is 10.2. The number of carbonyl (C=O) groups is 1. The smallest absolute Gasteiger partial charge is 0.234 e.